The summed E-state index contributed by atoms with van der Waals surface area (Å²) >= 11 is 0. The molecule has 1 aliphatic rings. The van der Waals surface area contributed by atoms with Gasteiger partial charge in [0.1, 0.15) is 0 Å². The van der Waals surface area contributed by atoms with E-state index >= 15 is 0 Å². The molecule has 3 rings (SSSR count). The smallest absolute Gasteiger partial charge is 0.305 e. The number of piperidine rings is 1. The van der Waals surface area contributed by atoms with Crippen LogP contribution in [0.1, 0.15) is 33.1 Å². The summed E-state index contributed by atoms with van der Waals surface area (Å²) in [7, 11) is -0.684. The summed E-state index contributed by atoms with van der Waals surface area (Å²) < 4.78 is 30.4. The van der Waals surface area contributed by atoms with Crippen molar-refractivity contribution in [2.75, 3.05) is 0 Å². The van der Waals surface area contributed by atoms with Crippen LogP contribution in [0.15, 0.2) is 32.7 Å². The van der Waals surface area contributed by atoms with Crippen LogP contribution in [0.3, 0.4) is 0 Å². The molecule has 2 aromatic rings. The van der Waals surface area contributed by atoms with Crippen molar-refractivity contribution in [2.24, 2.45) is 14.1 Å². The van der Waals surface area contributed by atoms with Gasteiger partial charge in [-0.2, -0.15) is 4.31 Å². The van der Waals surface area contributed by atoms with E-state index in [-0.39, 0.29) is 17.0 Å². The molecular weight excluding hydrogens is 342 g/mol. The number of aromatic nitrogens is 2. The molecule has 1 aromatic carbocycles. The molecule has 2 heterocycles. The zero-order chi connectivity index (χ0) is 18.5. The quantitative estimate of drug-likeness (QED) is 0.749. The minimum absolute atomic E-state index is 0.0617. The van der Waals surface area contributed by atoms with Crippen molar-refractivity contribution in [2.45, 2.75) is 50.1 Å². The monoisotopic (exact) mass is 365 g/mol. The fraction of sp³-hybridized carbons (Fsp3) is 0.529. The van der Waals surface area contributed by atoms with Gasteiger partial charge in [-0.15, -0.1) is 0 Å². The second-order valence-electron chi connectivity index (χ2n) is 6.84. The van der Waals surface area contributed by atoms with Crippen LogP contribution < -0.4 is 11.1 Å². The Balaban J connectivity index is 2.23. The molecule has 7 nitrogen and oxygen atoms in total. The maximum absolute atomic E-state index is 13.2. The highest BCUT2D eigenvalue weighted by molar-refractivity contribution is 7.89. The Kier molecular flexibility index (Phi) is 4.36. The first kappa shape index (κ1) is 17.9. The van der Waals surface area contributed by atoms with Crippen LogP contribution in [-0.4, -0.2) is 33.9 Å². The maximum atomic E-state index is 13.2. The van der Waals surface area contributed by atoms with Crippen LogP contribution in [0.2, 0.25) is 0 Å². The molecule has 0 saturated carbocycles. The molecule has 2 atom stereocenters. The van der Waals surface area contributed by atoms with Crippen LogP contribution in [0.4, 0.5) is 0 Å². The van der Waals surface area contributed by atoms with Crippen LogP contribution in [-0.2, 0) is 24.1 Å². The number of sulfonamides is 1. The van der Waals surface area contributed by atoms with Gasteiger partial charge in [0.2, 0.25) is 10.0 Å². The third-order valence-electron chi connectivity index (χ3n) is 5.15. The van der Waals surface area contributed by atoms with E-state index in [0.29, 0.717) is 11.0 Å². The molecular formula is C17H23N3O4S. The van der Waals surface area contributed by atoms with Crippen molar-refractivity contribution in [3.8, 4) is 0 Å². The summed E-state index contributed by atoms with van der Waals surface area (Å²) in [6.07, 6.45) is 2.69. The number of fused-ring (bicyclic) bond motifs is 1. The van der Waals surface area contributed by atoms with Crippen molar-refractivity contribution in [1.29, 1.82) is 0 Å². The molecule has 0 bridgehead atoms. The summed E-state index contributed by atoms with van der Waals surface area (Å²) in [6.45, 7) is 3.85. The van der Waals surface area contributed by atoms with Crippen molar-refractivity contribution >= 4 is 21.1 Å². The van der Waals surface area contributed by atoms with Crippen molar-refractivity contribution in [1.82, 2.24) is 13.4 Å². The lowest BCUT2D eigenvalue weighted by Crippen LogP contribution is -2.47. The van der Waals surface area contributed by atoms with Gasteiger partial charge in [-0.05, 0) is 44.9 Å². The van der Waals surface area contributed by atoms with Crippen LogP contribution in [0.5, 0.6) is 0 Å². The minimum atomic E-state index is -3.67. The Morgan fingerprint density at radius 1 is 0.920 bits per heavy atom. The number of aryl methyl sites for hydroxylation is 2. The summed E-state index contributed by atoms with van der Waals surface area (Å²) in [6, 6.07) is 4.46. The average Bonchev–Trinajstić information content (AvgIpc) is 2.57. The molecule has 0 N–H and O–H groups in total. The highest BCUT2D eigenvalue weighted by Gasteiger charge is 2.35. The van der Waals surface area contributed by atoms with Crippen LogP contribution in [0.25, 0.3) is 11.0 Å². The van der Waals surface area contributed by atoms with E-state index in [1.165, 1.54) is 35.4 Å². The highest BCUT2D eigenvalue weighted by Crippen LogP contribution is 2.30. The molecule has 136 valence electrons. The lowest BCUT2D eigenvalue weighted by Gasteiger charge is -2.37. The SMILES string of the molecule is C[C@@H]1CCC[C@H](C)N1S(=O)(=O)c1ccc2c(c1)n(C)c(=O)c(=O)n2C. The summed E-state index contributed by atoms with van der Waals surface area (Å²) in [5.41, 5.74) is -0.371. The Bertz CT molecular complexity index is 1040. The Morgan fingerprint density at radius 2 is 1.44 bits per heavy atom. The first-order chi connectivity index (χ1) is 11.7. The zero-order valence-corrected chi connectivity index (χ0v) is 15.7. The topological polar surface area (TPSA) is 81.4 Å². The third kappa shape index (κ3) is 2.73. The van der Waals surface area contributed by atoms with Gasteiger partial charge in [-0.1, -0.05) is 6.42 Å². The lowest BCUT2D eigenvalue weighted by molar-refractivity contribution is 0.204. The normalized spacial score (nSPS) is 22.4. The molecule has 0 unspecified atom stereocenters. The van der Waals surface area contributed by atoms with Crippen LogP contribution >= 0.6 is 0 Å². The largest absolute Gasteiger partial charge is 0.316 e. The van der Waals surface area contributed by atoms with E-state index < -0.39 is 21.1 Å². The maximum Gasteiger partial charge on any atom is 0.316 e. The summed E-state index contributed by atoms with van der Waals surface area (Å²) in [5, 5.41) is 0. The molecule has 0 aliphatic carbocycles. The Hall–Kier alpha value is -1.93. The van der Waals surface area contributed by atoms with E-state index in [0.717, 1.165) is 19.3 Å². The van der Waals surface area contributed by atoms with Gasteiger partial charge < -0.3 is 9.13 Å². The van der Waals surface area contributed by atoms with E-state index in [4.69, 9.17) is 0 Å². The average molecular weight is 365 g/mol. The second kappa shape index (κ2) is 6.10. The molecule has 0 radical (unpaired) electrons. The number of hydrogen-bond acceptors (Lipinski definition) is 4. The van der Waals surface area contributed by atoms with Crippen molar-refractivity contribution in [3.63, 3.8) is 0 Å². The van der Waals surface area contributed by atoms with Gasteiger partial charge in [-0.25, -0.2) is 8.42 Å². The number of hydrogen-bond donors (Lipinski definition) is 0. The first-order valence-electron chi connectivity index (χ1n) is 8.39. The van der Waals surface area contributed by atoms with Gasteiger partial charge in [0.05, 0.1) is 15.9 Å². The number of rotatable bonds is 2. The van der Waals surface area contributed by atoms with E-state index in [9.17, 15) is 18.0 Å². The fourth-order valence-electron chi connectivity index (χ4n) is 3.71. The summed E-state index contributed by atoms with van der Waals surface area (Å²) in [4.78, 5) is 24.1. The predicted molar refractivity (Wildman–Crippen MR) is 96.2 cm³/mol. The van der Waals surface area contributed by atoms with Crippen molar-refractivity contribution in [3.05, 3.63) is 38.9 Å². The zero-order valence-electron chi connectivity index (χ0n) is 14.9. The predicted octanol–water partition coefficient (Wildman–Crippen LogP) is 1.19. The van der Waals surface area contributed by atoms with E-state index in [1.54, 1.807) is 10.4 Å². The molecule has 8 heteroatoms. The van der Waals surface area contributed by atoms with Gasteiger partial charge in [0, 0.05) is 26.2 Å². The minimum Gasteiger partial charge on any atom is -0.305 e. The highest BCUT2D eigenvalue weighted by atomic mass is 32.2. The molecule has 1 aliphatic heterocycles. The Morgan fingerprint density at radius 3 is 2.00 bits per heavy atom. The molecule has 1 fully saturated rings. The molecule has 1 aromatic heterocycles. The standard InChI is InChI=1S/C17H23N3O4S/c1-11-6-5-7-12(2)20(11)25(23,24)13-8-9-14-15(10-13)19(4)17(22)16(21)18(14)3/h8-12H,5-7H2,1-4H3/t11-,12+. The molecule has 0 spiro atoms. The van der Waals surface area contributed by atoms with Gasteiger partial charge in [0.25, 0.3) is 0 Å². The Labute approximate surface area is 146 Å². The third-order valence-corrected chi connectivity index (χ3v) is 7.27. The lowest BCUT2D eigenvalue weighted by atomic mass is 10.0. The number of nitrogens with zero attached hydrogens (tertiary/aromatic N) is 3. The molecule has 1 saturated heterocycles. The van der Waals surface area contributed by atoms with E-state index in [2.05, 4.69) is 0 Å². The van der Waals surface area contributed by atoms with Gasteiger partial charge in [-0.3, -0.25) is 9.59 Å². The van der Waals surface area contributed by atoms with Crippen LogP contribution in [0, 0.1) is 0 Å². The molecule has 25 heavy (non-hydrogen) atoms. The van der Waals surface area contributed by atoms with Gasteiger partial charge >= 0.3 is 11.1 Å². The van der Waals surface area contributed by atoms with Gasteiger partial charge in [0.15, 0.2) is 0 Å². The first-order valence-corrected chi connectivity index (χ1v) is 9.83. The van der Waals surface area contributed by atoms with E-state index in [1.807, 2.05) is 13.8 Å². The summed E-state index contributed by atoms with van der Waals surface area (Å²) in [5.74, 6) is 0. The van der Waals surface area contributed by atoms with Crippen molar-refractivity contribution < 1.29 is 8.42 Å². The molecule has 0 amide bonds. The fourth-order valence-corrected chi connectivity index (χ4v) is 5.62. The second-order valence-corrected chi connectivity index (χ2v) is 8.69. The number of benzene rings is 1.